The maximum atomic E-state index is 2.19. The molecule has 0 radical (unpaired) electrons. The Bertz CT molecular complexity index is 81.8. The Morgan fingerprint density at radius 3 is 0.750 bits per heavy atom. The van der Waals surface area contributed by atoms with E-state index in [4.69, 9.17) is 0 Å². The number of hydrogen-bond donors (Lipinski definition) is 0. The fourth-order valence-corrected chi connectivity index (χ4v) is 2.94. The maximum Gasteiger partial charge on any atom is 0.266 e. The molecule has 0 saturated carbocycles. The largest absolute Gasteiger partial charge is 0.269 e. The summed E-state index contributed by atoms with van der Waals surface area (Å²) in [7, 11) is 12.5. The van der Waals surface area contributed by atoms with Crippen molar-refractivity contribution in [2.45, 2.75) is 0 Å². The lowest BCUT2D eigenvalue weighted by atomic mass is 11.2. The van der Waals surface area contributed by atoms with Gasteiger partial charge in [-0.15, -0.1) is 0 Å². The Morgan fingerprint density at radius 1 is 0.583 bits per heavy atom. The number of rotatable bonds is 3. The lowest BCUT2D eigenvalue weighted by Gasteiger charge is -2.20. The molecule has 3 nitrogen and oxygen atoms in total. The molecule has 0 rings (SSSR count). The van der Waals surface area contributed by atoms with E-state index in [0.717, 1.165) is 0 Å². The van der Waals surface area contributed by atoms with Gasteiger partial charge in [-0.2, -0.15) is 0 Å². The fourth-order valence-electron chi connectivity index (χ4n) is 0.980. The van der Waals surface area contributed by atoms with Gasteiger partial charge in [-0.1, -0.05) is 12.9 Å². The first-order chi connectivity index (χ1) is 4.46. The van der Waals surface area contributed by atoms with Crippen LogP contribution in [0.15, 0.2) is 0 Å². The van der Waals surface area contributed by atoms with Gasteiger partial charge in [0.05, 0.1) is 0 Å². The minimum absolute atomic E-state index is 0. The van der Waals surface area contributed by atoms with Crippen LogP contribution in [0.1, 0.15) is 0 Å². The summed E-state index contributed by atoms with van der Waals surface area (Å²) in [6, 6.07) is 0. The van der Waals surface area contributed by atoms with Crippen LogP contribution < -0.4 is 0 Å². The van der Waals surface area contributed by atoms with Crippen molar-refractivity contribution in [1.82, 2.24) is 12.9 Å². The summed E-state index contributed by atoms with van der Waals surface area (Å²) in [5.41, 5.74) is 0. The molecule has 12 heavy (non-hydrogen) atoms. The van der Waals surface area contributed by atoms with Gasteiger partial charge < -0.3 is 0 Å². The molecule has 0 saturated heterocycles. The predicted molar refractivity (Wildman–Crippen MR) is 53.4 cm³/mol. The molecule has 0 aromatic carbocycles. The molecule has 0 spiro atoms. The van der Waals surface area contributed by atoms with Crippen LogP contribution in [0.3, 0.4) is 0 Å². The second-order valence-corrected chi connectivity index (χ2v) is 5.36. The molecule has 0 bridgehead atoms. The summed E-state index contributed by atoms with van der Waals surface area (Å²) in [5.74, 6) is 0. The second kappa shape index (κ2) is 7.72. The summed E-state index contributed by atoms with van der Waals surface area (Å²) >= 11 is 0.120. The van der Waals surface area contributed by atoms with Crippen molar-refractivity contribution in [2.75, 3.05) is 42.3 Å². The van der Waals surface area contributed by atoms with Crippen LogP contribution in [0.2, 0.25) is 0 Å². The van der Waals surface area contributed by atoms with Crippen LogP contribution >= 0.6 is 0 Å². The molecular weight excluding hydrogens is 184 g/mol. The monoisotopic (exact) mass is 204 g/mol. The zero-order valence-corrected chi connectivity index (χ0v) is 9.38. The van der Waals surface area contributed by atoms with Gasteiger partial charge >= 0.3 is 0 Å². The summed E-state index contributed by atoms with van der Waals surface area (Å²) in [4.78, 5) is 0. The van der Waals surface area contributed by atoms with Crippen LogP contribution in [0.25, 0.3) is 0 Å². The van der Waals surface area contributed by atoms with Crippen LogP contribution in [-0.2, 0) is 11.5 Å². The molecule has 78 valence electrons. The molecule has 0 fully saturated rings. The molecule has 6 heteroatoms. The summed E-state index contributed by atoms with van der Waals surface area (Å²) in [5, 5.41) is 0. The van der Waals surface area contributed by atoms with Gasteiger partial charge in [0.1, 0.15) is 0 Å². The molecule has 0 heterocycles. The van der Waals surface area contributed by atoms with E-state index in [9.17, 15) is 0 Å². The van der Waals surface area contributed by atoms with E-state index in [1.807, 2.05) is 0 Å². The minimum Gasteiger partial charge on any atom is -0.269 e. The van der Waals surface area contributed by atoms with Crippen molar-refractivity contribution in [2.24, 2.45) is 0 Å². The van der Waals surface area contributed by atoms with Crippen LogP contribution in [0, 0.1) is 0 Å². The number of halogens is 2. The first kappa shape index (κ1) is 18.0. The van der Waals surface area contributed by atoms with Crippen LogP contribution in [0.4, 0.5) is 9.41 Å². The van der Waals surface area contributed by atoms with Crippen molar-refractivity contribution >= 4 is 11.5 Å². The van der Waals surface area contributed by atoms with E-state index in [0.29, 0.717) is 0 Å². The molecular formula is C6H20F2N3S+. The van der Waals surface area contributed by atoms with E-state index in [-0.39, 0.29) is 20.9 Å². The lowest BCUT2D eigenvalue weighted by molar-refractivity contribution is 0.511. The van der Waals surface area contributed by atoms with Crippen molar-refractivity contribution in [3.05, 3.63) is 0 Å². The molecule has 0 aromatic heterocycles. The van der Waals surface area contributed by atoms with Crippen molar-refractivity contribution < 1.29 is 9.41 Å². The Kier molecular flexibility index (Phi) is 11.6. The molecule has 0 amide bonds. The van der Waals surface area contributed by atoms with Crippen LogP contribution in [0.5, 0.6) is 0 Å². The van der Waals surface area contributed by atoms with Gasteiger partial charge in [0.2, 0.25) is 0 Å². The van der Waals surface area contributed by atoms with Gasteiger partial charge in [0.25, 0.3) is 11.5 Å². The van der Waals surface area contributed by atoms with E-state index in [1.165, 1.54) is 0 Å². The molecule has 0 aliphatic rings. The molecule has 0 aliphatic heterocycles. The lowest BCUT2D eigenvalue weighted by Crippen LogP contribution is -2.44. The van der Waals surface area contributed by atoms with Gasteiger partial charge in [-0.25, -0.2) is 0 Å². The minimum atomic E-state index is 0. The van der Waals surface area contributed by atoms with E-state index >= 15 is 0 Å². The Hall–Kier alpha value is 0.0900. The Morgan fingerprint density at radius 2 is 0.750 bits per heavy atom. The molecule has 0 aliphatic carbocycles. The normalized spacial score (nSPS) is 10.5. The van der Waals surface area contributed by atoms with Gasteiger partial charge in [0, 0.05) is 42.3 Å². The zero-order chi connectivity index (χ0) is 8.31. The van der Waals surface area contributed by atoms with Crippen molar-refractivity contribution in [3.8, 4) is 0 Å². The SMILES string of the molecule is CN(C)[S+](N(C)C)N(C)C.F.F. The topological polar surface area (TPSA) is 9.72 Å². The van der Waals surface area contributed by atoms with E-state index < -0.39 is 0 Å². The van der Waals surface area contributed by atoms with Crippen molar-refractivity contribution in [1.29, 1.82) is 0 Å². The van der Waals surface area contributed by atoms with E-state index in [1.54, 1.807) is 0 Å². The van der Waals surface area contributed by atoms with Gasteiger partial charge in [-0.05, 0) is 0 Å². The average Bonchev–Trinajstić information content (AvgIpc) is 1.59. The van der Waals surface area contributed by atoms with E-state index in [2.05, 4.69) is 55.2 Å². The Labute approximate surface area is 76.8 Å². The third-order valence-electron chi connectivity index (χ3n) is 0.980. The molecule has 0 atom stereocenters. The fraction of sp³-hybridized carbons (Fsp3) is 1.00. The second-order valence-electron chi connectivity index (χ2n) is 2.68. The predicted octanol–water partition coefficient (Wildman–Crippen LogP) is 0.339. The Balaban J connectivity index is -0.000000405. The van der Waals surface area contributed by atoms with Crippen molar-refractivity contribution in [3.63, 3.8) is 0 Å². The smallest absolute Gasteiger partial charge is 0.266 e. The molecule has 0 unspecified atom stereocenters. The highest BCUT2D eigenvalue weighted by molar-refractivity contribution is 7.90. The van der Waals surface area contributed by atoms with Gasteiger partial charge in [0.15, 0.2) is 0 Å². The third kappa shape index (κ3) is 5.70. The maximum absolute atomic E-state index is 2.19. The molecule has 0 N–H and O–H groups in total. The number of nitrogens with zero attached hydrogens (tertiary/aromatic N) is 3. The first-order valence-electron chi connectivity index (χ1n) is 3.23. The highest BCUT2D eigenvalue weighted by Crippen LogP contribution is 2.05. The summed E-state index contributed by atoms with van der Waals surface area (Å²) in [6.07, 6.45) is 0. The highest BCUT2D eigenvalue weighted by atomic mass is 32.2. The van der Waals surface area contributed by atoms with Crippen LogP contribution in [-0.4, -0.2) is 55.2 Å². The average molecular weight is 204 g/mol. The van der Waals surface area contributed by atoms with Gasteiger partial charge in [-0.3, -0.25) is 9.41 Å². The quantitative estimate of drug-likeness (QED) is 0.614. The third-order valence-corrected chi connectivity index (χ3v) is 2.94. The number of hydrogen-bond acceptors (Lipinski definition) is 3. The zero-order valence-electron chi connectivity index (χ0n) is 8.57. The summed E-state index contributed by atoms with van der Waals surface area (Å²) in [6.45, 7) is 0. The first-order valence-corrected chi connectivity index (χ1v) is 4.33. The molecule has 0 aromatic rings. The highest BCUT2D eigenvalue weighted by Gasteiger charge is 2.29. The summed E-state index contributed by atoms with van der Waals surface area (Å²) < 4.78 is 6.58. The standard InChI is InChI=1S/C6H18N3S.2FH/c1-7(2)10(8(3)4)9(5)6;;/h1-6H3;2*1H/q+1;;.